The van der Waals surface area contributed by atoms with Crippen LogP contribution in [0.2, 0.25) is 0 Å². The molecule has 1 aromatic rings. The molecule has 0 aromatic carbocycles. The third-order valence-electron chi connectivity index (χ3n) is 3.18. The zero-order valence-electron chi connectivity index (χ0n) is 10.2. The lowest BCUT2D eigenvalue weighted by Crippen LogP contribution is -2.22. The first-order valence-corrected chi connectivity index (χ1v) is 6.31. The second kappa shape index (κ2) is 5.87. The fraction of sp³-hybridized carbons (Fsp3) is 0.615. The van der Waals surface area contributed by atoms with Gasteiger partial charge in [0, 0.05) is 18.5 Å². The van der Waals surface area contributed by atoms with E-state index in [0.717, 1.165) is 31.6 Å². The first kappa shape index (κ1) is 12.2. The minimum atomic E-state index is -0.155. The third kappa shape index (κ3) is 3.33. The number of aliphatic hydroxyl groups excluding tert-OH is 1. The summed E-state index contributed by atoms with van der Waals surface area (Å²) in [5, 5.41) is 13.0. The highest BCUT2D eigenvalue weighted by molar-refractivity contribution is 5.37. The van der Waals surface area contributed by atoms with Gasteiger partial charge < -0.3 is 15.2 Å². The van der Waals surface area contributed by atoms with E-state index in [2.05, 4.69) is 10.3 Å². The second-order valence-electron chi connectivity index (χ2n) is 4.43. The summed E-state index contributed by atoms with van der Waals surface area (Å²) in [5.41, 5.74) is 0. The Morgan fingerprint density at radius 3 is 3.06 bits per heavy atom. The molecule has 0 spiro atoms. The van der Waals surface area contributed by atoms with Gasteiger partial charge >= 0.3 is 0 Å². The summed E-state index contributed by atoms with van der Waals surface area (Å²) in [4.78, 5) is 4.33. The van der Waals surface area contributed by atoms with Crippen LogP contribution in [0.1, 0.15) is 26.2 Å². The Morgan fingerprint density at radius 1 is 1.47 bits per heavy atom. The number of rotatable bonds is 5. The van der Waals surface area contributed by atoms with Crippen molar-refractivity contribution in [1.29, 1.82) is 0 Å². The van der Waals surface area contributed by atoms with Gasteiger partial charge in [0.2, 0.25) is 5.88 Å². The van der Waals surface area contributed by atoms with Crippen molar-refractivity contribution < 1.29 is 9.84 Å². The maximum Gasteiger partial charge on any atom is 0.215 e. The van der Waals surface area contributed by atoms with Crippen molar-refractivity contribution in [3.05, 3.63) is 18.2 Å². The first-order valence-electron chi connectivity index (χ1n) is 6.31. The Kier molecular flexibility index (Phi) is 4.20. The highest BCUT2D eigenvalue weighted by Crippen LogP contribution is 2.25. The van der Waals surface area contributed by atoms with Crippen LogP contribution in [-0.4, -0.2) is 29.3 Å². The van der Waals surface area contributed by atoms with E-state index < -0.39 is 0 Å². The van der Waals surface area contributed by atoms with Crippen molar-refractivity contribution >= 4 is 5.82 Å². The van der Waals surface area contributed by atoms with Gasteiger partial charge in [-0.1, -0.05) is 12.5 Å². The Labute approximate surface area is 102 Å². The molecule has 0 aliphatic heterocycles. The monoisotopic (exact) mass is 236 g/mol. The molecule has 1 saturated carbocycles. The van der Waals surface area contributed by atoms with Crippen molar-refractivity contribution in [3.8, 4) is 5.88 Å². The average Bonchev–Trinajstić information content (AvgIpc) is 2.73. The molecule has 0 amide bonds. The van der Waals surface area contributed by atoms with Gasteiger partial charge in [-0.15, -0.1) is 0 Å². The predicted molar refractivity (Wildman–Crippen MR) is 67.2 cm³/mol. The van der Waals surface area contributed by atoms with E-state index in [0.29, 0.717) is 18.4 Å². The molecule has 1 aliphatic rings. The molecule has 17 heavy (non-hydrogen) atoms. The number of nitrogens with one attached hydrogen (secondary N) is 1. The fourth-order valence-corrected chi connectivity index (χ4v) is 2.23. The van der Waals surface area contributed by atoms with Gasteiger partial charge in [-0.3, -0.25) is 0 Å². The smallest absolute Gasteiger partial charge is 0.215 e. The van der Waals surface area contributed by atoms with Crippen LogP contribution in [0.3, 0.4) is 0 Å². The van der Waals surface area contributed by atoms with Crippen LogP contribution in [-0.2, 0) is 0 Å². The van der Waals surface area contributed by atoms with Crippen LogP contribution in [0.4, 0.5) is 5.82 Å². The van der Waals surface area contributed by atoms with E-state index in [1.165, 1.54) is 0 Å². The molecule has 1 fully saturated rings. The molecule has 0 radical (unpaired) electrons. The minimum absolute atomic E-state index is 0.155. The Bertz CT molecular complexity index is 357. The van der Waals surface area contributed by atoms with Crippen molar-refractivity contribution in [2.75, 3.05) is 18.5 Å². The van der Waals surface area contributed by atoms with Gasteiger partial charge in [0.15, 0.2) is 0 Å². The van der Waals surface area contributed by atoms with Gasteiger partial charge in [0.1, 0.15) is 5.82 Å². The summed E-state index contributed by atoms with van der Waals surface area (Å²) in [5.74, 6) is 1.81. The van der Waals surface area contributed by atoms with Crippen molar-refractivity contribution in [1.82, 2.24) is 4.98 Å². The minimum Gasteiger partial charge on any atom is -0.478 e. The Morgan fingerprint density at radius 2 is 2.35 bits per heavy atom. The van der Waals surface area contributed by atoms with E-state index in [1.807, 2.05) is 25.1 Å². The number of hydrogen-bond donors (Lipinski definition) is 2. The normalized spacial score (nSPS) is 23.6. The van der Waals surface area contributed by atoms with Crippen LogP contribution < -0.4 is 10.1 Å². The molecule has 1 aromatic heterocycles. The number of nitrogens with zero attached hydrogens (tertiary/aromatic N) is 1. The Hall–Kier alpha value is -1.29. The molecular formula is C13H20N2O2. The lowest BCUT2D eigenvalue weighted by Gasteiger charge is -2.15. The van der Waals surface area contributed by atoms with E-state index in [9.17, 15) is 5.11 Å². The summed E-state index contributed by atoms with van der Waals surface area (Å²) >= 11 is 0. The maximum atomic E-state index is 9.72. The lowest BCUT2D eigenvalue weighted by atomic mass is 10.1. The zero-order chi connectivity index (χ0) is 12.1. The average molecular weight is 236 g/mol. The predicted octanol–water partition coefficient (Wildman–Crippen LogP) is 2.05. The van der Waals surface area contributed by atoms with Crippen molar-refractivity contribution in [2.45, 2.75) is 32.3 Å². The van der Waals surface area contributed by atoms with Crippen LogP contribution >= 0.6 is 0 Å². The number of hydrogen-bond acceptors (Lipinski definition) is 4. The zero-order valence-corrected chi connectivity index (χ0v) is 10.2. The Balaban J connectivity index is 1.87. The SMILES string of the molecule is CCOc1cccc(NCC2CCCC2O)n1. The summed E-state index contributed by atoms with van der Waals surface area (Å²) in [7, 11) is 0. The van der Waals surface area contributed by atoms with Crippen molar-refractivity contribution in [2.24, 2.45) is 5.92 Å². The topological polar surface area (TPSA) is 54.4 Å². The van der Waals surface area contributed by atoms with Gasteiger partial charge in [0.25, 0.3) is 0 Å². The molecule has 0 saturated heterocycles. The molecule has 94 valence electrons. The van der Waals surface area contributed by atoms with Crippen LogP contribution in [0, 0.1) is 5.92 Å². The number of aromatic nitrogens is 1. The van der Waals surface area contributed by atoms with Gasteiger partial charge in [-0.05, 0) is 25.8 Å². The van der Waals surface area contributed by atoms with Crippen LogP contribution in [0.15, 0.2) is 18.2 Å². The lowest BCUT2D eigenvalue weighted by molar-refractivity contribution is 0.138. The number of anilines is 1. The molecule has 1 heterocycles. The summed E-state index contributed by atoms with van der Waals surface area (Å²) < 4.78 is 5.34. The number of ether oxygens (including phenoxy) is 1. The fourth-order valence-electron chi connectivity index (χ4n) is 2.23. The highest BCUT2D eigenvalue weighted by Gasteiger charge is 2.24. The van der Waals surface area contributed by atoms with E-state index in [4.69, 9.17) is 4.74 Å². The molecule has 2 rings (SSSR count). The van der Waals surface area contributed by atoms with Gasteiger partial charge in [-0.2, -0.15) is 4.98 Å². The first-order chi connectivity index (χ1) is 8.29. The van der Waals surface area contributed by atoms with Crippen LogP contribution in [0.5, 0.6) is 5.88 Å². The van der Waals surface area contributed by atoms with Crippen molar-refractivity contribution in [3.63, 3.8) is 0 Å². The summed E-state index contributed by atoms with van der Waals surface area (Å²) in [6.07, 6.45) is 3.00. The summed E-state index contributed by atoms with van der Waals surface area (Å²) in [6.45, 7) is 3.35. The molecule has 2 atom stereocenters. The van der Waals surface area contributed by atoms with E-state index in [-0.39, 0.29) is 6.10 Å². The quantitative estimate of drug-likeness (QED) is 0.821. The number of pyridine rings is 1. The molecule has 4 nitrogen and oxygen atoms in total. The second-order valence-corrected chi connectivity index (χ2v) is 4.43. The van der Waals surface area contributed by atoms with E-state index >= 15 is 0 Å². The molecule has 0 bridgehead atoms. The molecule has 2 unspecified atom stereocenters. The standard InChI is InChI=1S/C13H20N2O2/c1-2-17-13-8-4-7-12(15-13)14-9-10-5-3-6-11(10)16/h4,7-8,10-11,16H,2-3,5-6,9H2,1H3,(H,14,15). The molecule has 1 aliphatic carbocycles. The maximum absolute atomic E-state index is 9.72. The molecular weight excluding hydrogens is 216 g/mol. The van der Waals surface area contributed by atoms with Gasteiger partial charge in [-0.25, -0.2) is 0 Å². The molecule has 4 heteroatoms. The highest BCUT2D eigenvalue weighted by atomic mass is 16.5. The molecule has 2 N–H and O–H groups in total. The van der Waals surface area contributed by atoms with E-state index in [1.54, 1.807) is 0 Å². The summed E-state index contributed by atoms with van der Waals surface area (Å²) in [6, 6.07) is 5.69. The number of aliphatic hydroxyl groups is 1. The third-order valence-corrected chi connectivity index (χ3v) is 3.18. The van der Waals surface area contributed by atoms with Crippen LogP contribution in [0.25, 0.3) is 0 Å². The largest absolute Gasteiger partial charge is 0.478 e. The van der Waals surface area contributed by atoms with Gasteiger partial charge in [0.05, 0.1) is 12.7 Å².